The van der Waals surface area contributed by atoms with Gasteiger partial charge in [-0.1, -0.05) is 26.0 Å². The number of nitrogens with zero attached hydrogens (tertiary/aromatic N) is 3. The fourth-order valence-electron chi connectivity index (χ4n) is 4.26. The van der Waals surface area contributed by atoms with Gasteiger partial charge in [0.05, 0.1) is 17.4 Å². The van der Waals surface area contributed by atoms with Crippen LogP contribution in [0.5, 0.6) is 0 Å². The first kappa shape index (κ1) is 23.7. The predicted molar refractivity (Wildman–Crippen MR) is 123 cm³/mol. The lowest BCUT2D eigenvalue weighted by molar-refractivity contribution is -0.153. The van der Waals surface area contributed by atoms with Gasteiger partial charge in [0, 0.05) is 25.7 Å². The molecule has 0 unspecified atom stereocenters. The van der Waals surface area contributed by atoms with E-state index in [-0.39, 0.29) is 11.9 Å². The Labute approximate surface area is 188 Å². The van der Waals surface area contributed by atoms with Gasteiger partial charge in [-0.3, -0.25) is 14.5 Å². The van der Waals surface area contributed by atoms with Crippen molar-refractivity contribution >= 4 is 23.3 Å². The summed E-state index contributed by atoms with van der Waals surface area (Å²) in [6.07, 6.45) is 1.43. The number of anilines is 2. The molecule has 3 rings (SSSR count). The highest BCUT2D eigenvalue weighted by molar-refractivity contribution is 6.39. The van der Waals surface area contributed by atoms with E-state index in [2.05, 4.69) is 36.0 Å². The molecular formula is C24H32FN5O2. The van der Waals surface area contributed by atoms with Crippen molar-refractivity contribution in [3.05, 3.63) is 53.5 Å². The number of pyridine rings is 1. The number of halogens is 1. The summed E-state index contributed by atoms with van der Waals surface area (Å²) in [4.78, 5) is 34.2. The van der Waals surface area contributed by atoms with Crippen LogP contribution in [0.25, 0.3) is 0 Å². The molecule has 0 spiro atoms. The number of benzene rings is 1. The van der Waals surface area contributed by atoms with E-state index in [1.807, 2.05) is 6.92 Å². The summed E-state index contributed by atoms with van der Waals surface area (Å²) < 4.78 is 13.6. The lowest BCUT2D eigenvalue weighted by Crippen LogP contribution is -2.65. The van der Waals surface area contributed by atoms with Crippen molar-refractivity contribution < 1.29 is 14.0 Å². The molecule has 2 heterocycles. The summed E-state index contributed by atoms with van der Waals surface area (Å²) in [6.45, 7) is 11.8. The summed E-state index contributed by atoms with van der Waals surface area (Å²) in [7, 11) is 0. The van der Waals surface area contributed by atoms with Crippen LogP contribution in [0.3, 0.4) is 0 Å². The van der Waals surface area contributed by atoms with Crippen LogP contribution in [-0.2, 0) is 15.1 Å². The Morgan fingerprint density at radius 2 is 1.97 bits per heavy atom. The number of piperazine rings is 1. The summed E-state index contributed by atoms with van der Waals surface area (Å²) in [5.74, 6) is -0.909. The Morgan fingerprint density at radius 1 is 1.31 bits per heavy atom. The Hall–Kier alpha value is -3.00. The highest BCUT2D eigenvalue weighted by Gasteiger charge is 2.46. The number of hydrogen-bond acceptors (Lipinski definition) is 5. The molecule has 1 fully saturated rings. The van der Waals surface area contributed by atoms with E-state index in [1.54, 1.807) is 30.0 Å². The van der Waals surface area contributed by atoms with E-state index in [0.29, 0.717) is 36.1 Å². The van der Waals surface area contributed by atoms with E-state index in [9.17, 15) is 14.0 Å². The Bertz CT molecular complexity index is 994. The number of nitrogens with one attached hydrogen (secondary N) is 1. The first-order valence-electron chi connectivity index (χ1n) is 10.9. The lowest BCUT2D eigenvalue weighted by Gasteiger charge is -2.52. The van der Waals surface area contributed by atoms with Gasteiger partial charge < -0.3 is 16.0 Å². The first-order chi connectivity index (χ1) is 15.0. The molecule has 2 aromatic rings. The summed E-state index contributed by atoms with van der Waals surface area (Å²) in [5.41, 5.74) is 6.85. The number of aromatic nitrogens is 1. The van der Waals surface area contributed by atoms with Gasteiger partial charge in [0.2, 0.25) is 0 Å². The highest BCUT2D eigenvalue weighted by atomic mass is 19.1. The van der Waals surface area contributed by atoms with Crippen LogP contribution in [0.1, 0.15) is 38.8 Å². The number of amides is 2. The third kappa shape index (κ3) is 4.91. The van der Waals surface area contributed by atoms with E-state index in [4.69, 9.17) is 5.73 Å². The quantitative estimate of drug-likeness (QED) is 0.712. The van der Waals surface area contributed by atoms with Crippen molar-refractivity contribution in [1.82, 2.24) is 14.8 Å². The summed E-state index contributed by atoms with van der Waals surface area (Å²) >= 11 is 0. The van der Waals surface area contributed by atoms with E-state index >= 15 is 0 Å². The highest BCUT2D eigenvalue weighted by Crippen LogP contribution is 2.35. The van der Waals surface area contributed by atoms with Crippen LogP contribution in [-0.4, -0.2) is 52.3 Å². The molecule has 1 saturated heterocycles. The van der Waals surface area contributed by atoms with Crippen LogP contribution < -0.4 is 11.1 Å². The van der Waals surface area contributed by atoms with Crippen LogP contribution in [0.15, 0.2) is 36.5 Å². The zero-order valence-electron chi connectivity index (χ0n) is 19.4. The molecule has 0 aliphatic carbocycles. The van der Waals surface area contributed by atoms with E-state index < -0.39 is 17.4 Å². The second-order valence-electron chi connectivity index (χ2n) is 9.25. The molecule has 0 radical (unpaired) electrons. The molecule has 32 heavy (non-hydrogen) atoms. The fourth-order valence-corrected chi connectivity index (χ4v) is 4.26. The molecule has 172 valence electrons. The maximum Gasteiger partial charge on any atom is 0.313 e. The number of aryl methyl sites for hydroxylation is 1. The van der Waals surface area contributed by atoms with Gasteiger partial charge in [0.15, 0.2) is 0 Å². The molecule has 3 N–H and O–H groups in total. The third-order valence-electron chi connectivity index (χ3n) is 6.06. The standard InChI is InChI=1S/C24H32FN5O2/c1-15(2)12-29-14-24(5,18-6-8-19(25)9-7-18)30(13-17(29)4)23(32)22(31)28-20-10-16(3)21(26)27-11-20/h6-11,15,17H,12-14H2,1-5H3,(H2,26,27)(H,28,31)/t17-,24+/m1/s1. The van der Waals surface area contributed by atoms with E-state index in [1.165, 1.54) is 18.3 Å². The molecule has 7 nitrogen and oxygen atoms in total. The Kier molecular flexibility index (Phi) is 6.83. The number of rotatable bonds is 4. The topological polar surface area (TPSA) is 91.6 Å². The largest absolute Gasteiger partial charge is 0.383 e. The minimum atomic E-state index is -0.793. The number of nitrogen functional groups attached to an aromatic ring is 1. The Morgan fingerprint density at radius 3 is 2.56 bits per heavy atom. The van der Waals surface area contributed by atoms with Crippen LogP contribution in [0.4, 0.5) is 15.9 Å². The number of nitrogens with two attached hydrogens (primary N) is 1. The predicted octanol–water partition coefficient (Wildman–Crippen LogP) is 3.15. The van der Waals surface area contributed by atoms with Gasteiger partial charge in [0.1, 0.15) is 11.6 Å². The normalized spacial score (nSPS) is 21.6. The average Bonchev–Trinajstić information content (AvgIpc) is 2.72. The molecule has 1 aromatic heterocycles. The van der Waals surface area contributed by atoms with Crippen LogP contribution >= 0.6 is 0 Å². The maximum absolute atomic E-state index is 13.6. The summed E-state index contributed by atoms with van der Waals surface area (Å²) in [6, 6.07) is 7.89. The number of carbonyl (C=O) groups excluding carboxylic acids is 2. The molecular weight excluding hydrogens is 409 g/mol. The number of hydrogen-bond donors (Lipinski definition) is 2. The summed E-state index contributed by atoms with van der Waals surface area (Å²) in [5, 5.41) is 2.64. The number of carbonyl (C=O) groups is 2. The first-order valence-corrected chi connectivity index (χ1v) is 10.9. The smallest absolute Gasteiger partial charge is 0.313 e. The van der Waals surface area contributed by atoms with Gasteiger partial charge in [-0.2, -0.15) is 0 Å². The van der Waals surface area contributed by atoms with Gasteiger partial charge >= 0.3 is 11.8 Å². The van der Waals surface area contributed by atoms with Crippen LogP contribution in [0, 0.1) is 18.7 Å². The molecule has 0 saturated carbocycles. The molecule has 0 bridgehead atoms. The molecule has 2 amide bonds. The van der Waals surface area contributed by atoms with Crippen molar-refractivity contribution in [1.29, 1.82) is 0 Å². The zero-order valence-corrected chi connectivity index (χ0v) is 19.4. The van der Waals surface area contributed by atoms with Crippen LogP contribution in [0.2, 0.25) is 0 Å². The van der Waals surface area contributed by atoms with Crippen molar-refractivity contribution in [2.24, 2.45) is 5.92 Å². The van der Waals surface area contributed by atoms with Crippen molar-refractivity contribution in [3.63, 3.8) is 0 Å². The van der Waals surface area contributed by atoms with Crippen molar-refractivity contribution in [2.75, 3.05) is 30.7 Å². The minimum Gasteiger partial charge on any atom is -0.383 e. The van der Waals surface area contributed by atoms with Gasteiger partial charge in [0.25, 0.3) is 0 Å². The van der Waals surface area contributed by atoms with Gasteiger partial charge in [-0.25, -0.2) is 9.37 Å². The van der Waals surface area contributed by atoms with Crippen molar-refractivity contribution in [2.45, 2.75) is 46.2 Å². The van der Waals surface area contributed by atoms with E-state index in [0.717, 1.165) is 12.1 Å². The SMILES string of the molecule is Cc1cc(NC(=O)C(=O)N2C[C@@H](C)N(CC(C)C)C[C@@]2(C)c2ccc(F)cc2)cnc1N. The third-order valence-corrected chi connectivity index (χ3v) is 6.06. The van der Waals surface area contributed by atoms with Gasteiger partial charge in [-0.15, -0.1) is 0 Å². The molecule has 1 aliphatic rings. The second kappa shape index (κ2) is 9.24. The van der Waals surface area contributed by atoms with Crippen molar-refractivity contribution in [3.8, 4) is 0 Å². The monoisotopic (exact) mass is 441 g/mol. The minimum absolute atomic E-state index is 0.0723. The molecule has 1 aliphatic heterocycles. The second-order valence-corrected chi connectivity index (χ2v) is 9.25. The molecule has 1 aromatic carbocycles. The lowest BCUT2D eigenvalue weighted by atomic mass is 9.85. The molecule has 2 atom stereocenters. The maximum atomic E-state index is 13.6. The zero-order chi connectivity index (χ0) is 23.6. The fraction of sp³-hybridized carbons (Fsp3) is 0.458. The molecule has 8 heteroatoms. The average molecular weight is 442 g/mol. The Balaban J connectivity index is 1.91. The van der Waals surface area contributed by atoms with Gasteiger partial charge in [-0.05, 0) is 56.0 Å².